The molecule has 6 heteroatoms. The van der Waals surface area contributed by atoms with Crippen LogP contribution in [0.5, 0.6) is 0 Å². The van der Waals surface area contributed by atoms with E-state index < -0.39 is 10.0 Å². The van der Waals surface area contributed by atoms with Gasteiger partial charge >= 0.3 is 0 Å². The summed E-state index contributed by atoms with van der Waals surface area (Å²) in [6, 6.07) is 5.99. The molecular weight excluding hydrogens is 272 g/mol. The molecule has 1 aromatic rings. The molecule has 0 bridgehead atoms. The molecule has 1 aromatic carbocycles. The van der Waals surface area contributed by atoms with Gasteiger partial charge in [0.05, 0.1) is 4.90 Å². The van der Waals surface area contributed by atoms with Crippen LogP contribution in [0.2, 0.25) is 5.02 Å². The van der Waals surface area contributed by atoms with Crippen molar-refractivity contribution >= 4 is 27.5 Å². The highest BCUT2D eigenvalue weighted by molar-refractivity contribution is 7.90. The summed E-state index contributed by atoms with van der Waals surface area (Å²) in [5.41, 5.74) is 0. The fraction of sp³-hybridized carbons (Fsp3) is 0.417. The number of nitrogens with zero attached hydrogens (tertiary/aromatic N) is 2. The predicted octanol–water partition coefficient (Wildman–Crippen LogP) is 2.79. The second-order valence-electron chi connectivity index (χ2n) is 3.74. The Bertz CT molecular complexity index is 520. The van der Waals surface area contributed by atoms with Crippen LogP contribution in [0.25, 0.3) is 0 Å². The van der Waals surface area contributed by atoms with Gasteiger partial charge in [0.2, 0.25) is 0 Å². The number of benzene rings is 1. The quantitative estimate of drug-likeness (QED) is 0.632. The van der Waals surface area contributed by atoms with Gasteiger partial charge in [-0.3, -0.25) is 0 Å². The molecule has 0 saturated carbocycles. The molecule has 0 aromatic heterocycles. The van der Waals surface area contributed by atoms with Crippen LogP contribution in [0.4, 0.5) is 0 Å². The van der Waals surface area contributed by atoms with Crippen molar-refractivity contribution in [3.63, 3.8) is 0 Å². The van der Waals surface area contributed by atoms with E-state index in [2.05, 4.69) is 4.40 Å². The first kappa shape index (κ1) is 15.0. The van der Waals surface area contributed by atoms with Crippen molar-refractivity contribution in [2.45, 2.75) is 25.7 Å². The van der Waals surface area contributed by atoms with Crippen molar-refractivity contribution < 1.29 is 8.42 Å². The first-order chi connectivity index (χ1) is 8.40. The van der Waals surface area contributed by atoms with Crippen LogP contribution in [-0.2, 0) is 10.0 Å². The van der Waals surface area contributed by atoms with Crippen molar-refractivity contribution in [1.29, 1.82) is 0 Å². The zero-order valence-electron chi connectivity index (χ0n) is 10.7. The minimum Gasteiger partial charge on any atom is -0.360 e. The maximum atomic E-state index is 12.0. The number of rotatable bonds is 4. The van der Waals surface area contributed by atoms with E-state index in [1.807, 2.05) is 18.7 Å². The Hall–Kier alpha value is -1.07. The molecule has 100 valence electrons. The summed E-state index contributed by atoms with van der Waals surface area (Å²) >= 11 is 5.72. The molecule has 0 unspecified atom stereocenters. The van der Waals surface area contributed by atoms with Crippen molar-refractivity contribution in [2.75, 3.05) is 13.1 Å². The van der Waals surface area contributed by atoms with Crippen LogP contribution in [0.1, 0.15) is 20.8 Å². The molecule has 4 nitrogen and oxygen atoms in total. The van der Waals surface area contributed by atoms with Crippen molar-refractivity contribution in [1.82, 2.24) is 4.90 Å². The molecule has 0 N–H and O–H groups in total. The van der Waals surface area contributed by atoms with Gasteiger partial charge in [-0.1, -0.05) is 11.6 Å². The molecule has 0 spiro atoms. The molecule has 18 heavy (non-hydrogen) atoms. The zero-order valence-corrected chi connectivity index (χ0v) is 12.3. The van der Waals surface area contributed by atoms with E-state index in [-0.39, 0.29) is 4.90 Å². The lowest BCUT2D eigenvalue weighted by Gasteiger charge is -2.19. The minimum absolute atomic E-state index is 0.151. The van der Waals surface area contributed by atoms with Crippen LogP contribution < -0.4 is 0 Å². The lowest BCUT2D eigenvalue weighted by molar-refractivity contribution is 0.463. The fourth-order valence-electron chi connectivity index (χ4n) is 1.57. The summed E-state index contributed by atoms with van der Waals surface area (Å²) in [6.45, 7) is 7.05. The van der Waals surface area contributed by atoms with Crippen molar-refractivity contribution in [2.24, 2.45) is 4.40 Å². The average Bonchev–Trinajstić information content (AvgIpc) is 2.30. The average molecular weight is 289 g/mol. The van der Waals surface area contributed by atoms with Crippen LogP contribution >= 0.6 is 11.6 Å². The van der Waals surface area contributed by atoms with Gasteiger partial charge in [-0.05, 0) is 45.0 Å². The summed E-state index contributed by atoms with van der Waals surface area (Å²) in [6.07, 6.45) is 0. The first-order valence-corrected chi connectivity index (χ1v) is 7.54. The maximum absolute atomic E-state index is 12.0. The highest BCUT2D eigenvalue weighted by Gasteiger charge is 2.14. The smallest absolute Gasteiger partial charge is 0.283 e. The second-order valence-corrected chi connectivity index (χ2v) is 5.78. The molecule has 0 fully saturated rings. The zero-order chi connectivity index (χ0) is 13.8. The molecular formula is C12H17ClN2O2S. The second kappa shape index (κ2) is 6.20. The Morgan fingerprint density at radius 2 is 1.72 bits per heavy atom. The van der Waals surface area contributed by atoms with Crippen LogP contribution in [0.15, 0.2) is 33.6 Å². The van der Waals surface area contributed by atoms with Gasteiger partial charge in [-0.2, -0.15) is 8.42 Å². The van der Waals surface area contributed by atoms with Crippen molar-refractivity contribution in [3.05, 3.63) is 29.3 Å². The summed E-state index contributed by atoms with van der Waals surface area (Å²) < 4.78 is 27.9. The Morgan fingerprint density at radius 1 is 1.22 bits per heavy atom. The third-order valence-electron chi connectivity index (χ3n) is 2.58. The Labute approximate surface area is 113 Å². The van der Waals surface area contributed by atoms with E-state index in [1.54, 1.807) is 6.92 Å². The van der Waals surface area contributed by atoms with Gasteiger partial charge in [-0.15, -0.1) is 4.40 Å². The molecule has 0 atom stereocenters. The minimum atomic E-state index is -3.65. The van der Waals surface area contributed by atoms with Gasteiger partial charge in [0, 0.05) is 18.1 Å². The molecule has 0 amide bonds. The lowest BCUT2D eigenvalue weighted by Crippen LogP contribution is -2.29. The third-order valence-corrected chi connectivity index (χ3v) is 4.21. The number of amidine groups is 1. The third kappa shape index (κ3) is 3.71. The molecule has 0 radical (unpaired) electrons. The monoisotopic (exact) mass is 288 g/mol. The summed E-state index contributed by atoms with van der Waals surface area (Å²) in [5.74, 6) is 0.495. The maximum Gasteiger partial charge on any atom is 0.283 e. The van der Waals surface area contributed by atoms with E-state index in [9.17, 15) is 8.42 Å². The summed E-state index contributed by atoms with van der Waals surface area (Å²) in [4.78, 5) is 2.03. The van der Waals surface area contributed by atoms with Crippen LogP contribution in [0, 0.1) is 0 Å². The van der Waals surface area contributed by atoms with Gasteiger partial charge in [0.25, 0.3) is 10.0 Å². The molecule has 0 heterocycles. The SMILES string of the molecule is CCN(CC)/C(C)=N/S(=O)(=O)c1ccc(Cl)cc1. The van der Waals surface area contributed by atoms with E-state index in [0.717, 1.165) is 13.1 Å². The standard InChI is InChI=1S/C12H17ClN2O2S/c1-4-15(5-2)10(3)14-18(16,17)12-8-6-11(13)7-9-12/h6-9H,4-5H2,1-3H3/b14-10+. The summed E-state index contributed by atoms with van der Waals surface area (Å²) in [5, 5.41) is 0.499. The van der Waals surface area contributed by atoms with Gasteiger partial charge in [-0.25, -0.2) is 0 Å². The van der Waals surface area contributed by atoms with E-state index in [4.69, 9.17) is 11.6 Å². The number of hydrogen-bond acceptors (Lipinski definition) is 2. The Kier molecular flexibility index (Phi) is 5.16. The lowest BCUT2D eigenvalue weighted by atomic mass is 10.4. The molecule has 0 aliphatic rings. The number of sulfonamides is 1. The Morgan fingerprint density at radius 3 is 2.17 bits per heavy atom. The van der Waals surface area contributed by atoms with E-state index in [0.29, 0.717) is 10.9 Å². The first-order valence-electron chi connectivity index (χ1n) is 5.72. The summed E-state index contributed by atoms with van der Waals surface area (Å²) in [7, 11) is -3.65. The van der Waals surface area contributed by atoms with Crippen LogP contribution in [0.3, 0.4) is 0 Å². The molecule has 0 aliphatic heterocycles. The largest absolute Gasteiger partial charge is 0.360 e. The van der Waals surface area contributed by atoms with Gasteiger partial charge in [0.1, 0.15) is 5.84 Å². The predicted molar refractivity (Wildman–Crippen MR) is 74.7 cm³/mol. The molecule has 0 saturated heterocycles. The highest BCUT2D eigenvalue weighted by Crippen LogP contribution is 2.16. The number of halogens is 1. The number of hydrogen-bond donors (Lipinski definition) is 0. The molecule has 1 rings (SSSR count). The highest BCUT2D eigenvalue weighted by atomic mass is 35.5. The topological polar surface area (TPSA) is 49.7 Å². The van der Waals surface area contributed by atoms with Gasteiger partial charge < -0.3 is 4.90 Å². The normalized spacial score (nSPS) is 12.6. The van der Waals surface area contributed by atoms with E-state index in [1.165, 1.54) is 24.3 Å². The molecule has 0 aliphatic carbocycles. The van der Waals surface area contributed by atoms with Crippen molar-refractivity contribution in [3.8, 4) is 0 Å². The van der Waals surface area contributed by atoms with Crippen LogP contribution in [-0.4, -0.2) is 32.2 Å². The van der Waals surface area contributed by atoms with E-state index >= 15 is 0 Å². The Balaban J connectivity index is 3.08. The van der Waals surface area contributed by atoms with Gasteiger partial charge in [0.15, 0.2) is 0 Å². The fourth-order valence-corrected chi connectivity index (χ4v) is 2.75.